The fourth-order valence-corrected chi connectivity index (χ4v) is 3.39. The molecule has 1 N–H and O–H groups in total. The molecule has 0 fully saturated rings. The van der Waals surface area contributed by atoms with E-state index in [4.69, 9.17) is 9.47 Å². The molecule has 0 saturated heterocycles. The SMILES string of the molecule is CCOC(=O)c1ccc2c(c1)C(CCCNC(=O)OC(C)(C)C)CCC2. The van der Waals surface area contributed by atoms with E-state index in [2.05, 4.69) is 11.4 Å². The van der Waals surface area contributed by atoms with Gasteiger partial charge in [-0.05, 0) is 89.0 Å². The summed E-state index contributed by atoms with van der Waals surface area (Å²) in [5.41, 5.74) is 2.74. The number of benzene rings is 1. The van der Waals surface area contributed by atoms with Gasteiger partial charge in [0.1, 0.15) is 5.60 Å². The van der Waals surface area contributed by atoms with Crippen LogP contribution >= 0.6 is 0 Å². The molecule has 5 heteroatoms. The number of esters is 1. The van der Waals surface area contributed by atoms with Gasteiger partial charge in [-0.15, -0.1) is 0 Å². The minimum absolute atomic E-state index is 0.258. The van der Waals surface area contributed by atoms with Gasteiger partial charge in [-0.3, -0.25) is 0 Å². The van der Waals surface area contributed by atoms with E-state index < -0.39 is 5.60 Å². The van der Waals surface area contributed by atoms with Crippen molar-refractivity contribution in [2.24, 2.45) is 0 Å². The number of ether oxygens (including phenoxy) is 2. The van der Waals surface area contributed by atoms with Gasteiger partial charge in [0.15, 0.2) is 0 Å². The molecule has 0 saturated carbocycles. The summed E-state index contributed by atoms with van der Waals surface area (Å²) in [6.45, 7) is 8.36. The summed E-state index contributed by atoms with van der Waals surface area (Å²) in [7, 11) is 0. The largest absolute Gasteiger partial charge is 0.462 e. The van der Waals surface area contributed by atoms with Gasteiger partial charge in [-0.2, -0.15) is 0 Å². The first-order valence-electron chi connectivity index (χ1n) is 9.57. The maximum atomic E-state index is 12.0. The lowest BCUT2D eigenvalue weighted by molar-refractivity contribution is 0.0515. The van der Waals surface area contributed by atoms with Crippen molar-refractivity contribution in [1.29, 1.82) is 0 Å². The van der Waals surface area contributed by atoms with Crippen LogP contribution in [0.4, 0.5) is 4.79 Å². The summed E-state index contributed by atoms with van der Waals surface area (Å²) in [5.74, 6) is 0.166. The van der Waals surface area contributed by atoms with Crippen LogP contribution < -0.4 is 5.32 Å². The highest BCUT2D eigenvalue weighted by atomic mass is 16.6. The Labute approximate surface area is 156 Å². The zero-order chi connectivity index (χ0) is 19.2. The third-order valence-corrected chi connectivity index (χ3v) is 4.49. The Balaban J connectivity index is 1.91. The standard InChI is InChI=1S/C21H31NO4/c1-5-25-19(23)17-12-11-16-9-6-8-15(18(16)14-17)10-7-13-22-20(24)26-21(2,3)4/h11-12,14-15H,5-10,13H2,1-4H3,(H,22,24). The molecule has 0 aromatic heterocycles. The zero-order valence-electron chi connectivity index (χ0n) is 16.4. The van der Waals surface area contributed by atoms with E-state index in [9.17, 15) is 9.59 Å². The molecule has 0 radical (unpaired) electrons. The van der Waals surface area contributed by atoms with Gasteiger partial charge in [0.25, 0.3) is 0 Å². The van der Waals surface area contributed by atoms with Gasteiger partial charge in [0.05, 0.1) is 12.2 Å². The van der Waals surface area contributed by atoms with Crippen molar-refractivity contribution in [1.82, 2.24) is 5.32 Å². The summed E-state index contributed by atoms with van der Waals surface area (Å²) in [6.07, 6.45) is 4.83. The van der Waals surface area contributed by atoms with Crippen molar-refractivity contribution in [2.75, 3.05) is 13.2 Å². The number of alkyl carbamates (subject to hydrolysis) is 1. The number of rotatable bonds is 6. The molecule has 1 aliphatic rings. The molecule has 144 valence electrons. The molecule has 0 spiro atoms. The van der Waals surface area contributed by atoms with Crippen molar-refractivity contribution >= 4 is 12.1 Å². The van der Waals surface area contributed by atoms with E-state index in [1.165, 1.54) is 11.1 Å². The van der Waals surface area contributed by atoms with Crippen molar-refractivity contribution in [2.45, 2.75) is 71.3 Å². The van der Waals surface area contributed by atoms with Crippen molar-refractivity contribution in [3.05, 3.63) is 34.9 Å². The molecule has 5 nitrogen and oxygen atoms in total. The summed E-state index contributed by atoms with van der Waals surface area (Å²) in [4.78, 5) is 23.7. The van der Waals surface area contributed by atoms with Crippen molar-refractivity contribution in [3.8, 4) is 0 Å². The van der Waals surface area contributed by atoms with Gasteiger partial charge in [-0.1, -0.05) is 6.07 Å². The average Bonchev–Trinajstić information content (AvgIpc) is 2.57. The first-order valence-corrected chi connectivity index (χ1v) is 9.57. The predicted molar refractivity (Wildman–Crippen MR) is 102 cm³/mol. The molecule has 1 aromatic carbocycles. The van der Waals surface area contributed by atoms with Crippen LogP contribution in [0.3, 0.4) is 0 Å². The Morgan fingerprint density at radius 2 is 2.04 bits per heavy atom. The van der Waals surface area contributed by atoms with Crippen molar-refractivity contribution < 1.29 is 19.1 Å². The molecule has 1 unspecified atom stereocenters. The van der Waals surface area contributed by atoms with Gasteiger partial charge >= 0.3 is 12.1 Å². The monoisotopic (exact) mass is 361 g/mol. The highest BCUT2D eigenvalue weighted by Crippen LogP contribution is 2.35. The fraction of sp³-hybridized carbons (Fsp3) is 0.619. The second-order valence-electron chi connectivity index (χ2n) is 7.79. The molecule has 2 rings (SSSR count). The Hall–Kier alpha value is -2.04. The van der Waals surface area contributed by atoms with Crippen LogP contribution in [0.1, 0.15) is 80.8 Å². The summed E-state index contributed by atoms with van der Waals surface area (Å²) in [6, 6.07) is 5.93. The molecular formula is C21H31NO4. The van der Waals surface area contributed by atoms with Crippen LogP contribution in [0.2, 0.25) is 0 Å². The third kappa shape index (κ3) is 6.04. The Kier molecular flexibility index (Phi) is 7.06. The van der Waals surface area contributed by atoms with Crippen molar-refractivity contribution in [3.63, 3.8) is 0 Å². The number of carbonyl (C=O) groups excluding carboxylic acids is 2. The van der Waals surface area contributed by atoms with Crippen LogP contribution in [-0.2, 0) is 15.9 Å². The molecule has 1 aliphatic carbocycles. The van der Waals surface area contributed by atoms with Gasteiger partial charge in [0, 0.05) is 6.54 Å². The molecule has 0 aliphatic heterocycles. The Bertz CT molecular complexity index is 633. The zero-order valence-corrected chi connectivity index (χ0v) is 16.4. The van der Waals surface area contributed by atoms with Crippen LogP contribution in [-0.4, -0.2) is 30.8 Å². The number of hydrogen-bond donors (Lipinski definition) is 1. The minimum Gasteiger partial charge on any atom is -0.462 e. The lowest BCUT2D eigenvalue weighted by Gasteiger charge is -2.26. The molecule has 1 atom stereocenters. The maximum absolute atomic E-state index is 12.0. The number of nitrogens with one attached hydrogen (secondary N) is 1. The van der Waals surface area contributed by atoms with Crippen LogP contribution in [0.15, 0.2) is 18.2 Å². The van der Waals surface area contributed by atoms with Gasteiger partial charge < -0.3 is 14.8 Å². The quantitative estimate of drug-likeness (QED) is 0.594. The topological polar surface area (TPSA) is 64.6 Å². The normalized spacial score (nSPS) is 16.5. The van der Waals surface area contributed by atoms with Gasteiger partial charge in [0.2, 0.25) is 0 Å². The maximum Gasteiger partial charge on any atom is 0.407 e. The van der Waals surface area contributed by atoms with E-state index in [0.717, 1.165) is 32.1 Å². The van der Waals surface area contributed by atoms with Gasteiger partial charge in [-0.25, -0.2) is 9.59 Å². The number of carbonyl (C=O) groups is 2. The first-order chi connectivity index (χ1) is 12.3. The highest BCUT2D eigenvalue weighted by Gasteiger charge is 2.22. The molecule has 0 bridgehead atoms. The van der Waals surface area contributed by atoms with E-state index in [1.54, 1.807) is 0 Å². The predicted octanol–water partition coefficient (Wildman–Crippen LogP) is 4.59. The molecular weight excluding hydrogens is 330 g/mol. The molecule has 1 aromatic rings. The summed E-state index contributed by atoms with van der Waals surface area (Å²) in [5, 5.41) is 2.81. The Morgan fingerprint density at radius 3 is 2.73 bits per heavy atom. The third-order valence-electron chi connectivity index (χ3n) is 4.49. The van der Waals surface area contributed by atoms with Crippen LogP contribution in [0.25, 0.3) is 0 Å². The second kappa shape index (κ2) is 9.06. The van der Waals surface area contributed by atoms with Crippen LogP contribution in [0.5, 0.6) is 0 Å². The number of amides is 1. The smallest absolute Gasteiger partial charge is 0.407 e. The lowest BCUT2D eigenvalue weighted by Crippen LogP contribution is -2.33. The summed E-state index contributed by atoms with van der Waals surface area (Å²) >= 11 is 0. The highest BCUT2D eigenvalue weighted by molar-refractivity contribution is 5.89. The van der Waals surface area contributed by atoms with E-state index in [1.807, 2.05) is 39.8 Å². The van der Waals surface area contributed by atoms with E-state index in [-0.39, 0.29) is 12.1 Å². The summed E-state index contributed by atoms with van der Waals surface area (Å²) < 4.78 is 10.4. The molecule has 1 amide bonds. The fourth-order valence-electron chi connectivity index (χ4n) is 3.39. The second-order valence-corrected chi connectivity index (χ2v) is 7.79. The molecule has 0 heterocycles. The number of fused-ring (bicyclic) bond motifs is 1. The number of hydrogen-bond acceptors (Lipinski definition) is 4. The first kappa shape index (κ1) is 20.3. The minimum atomic E-state index is -0.476. The van der Waals surface area contributed by atoms with E-state index >= 15 is 0 Å². The number of aryl methyl sites for hydroxylation is 1. The average molecular weight is 361 g/mol. The Morgan fingerprint density at radius 1 is 1.27 bits per heavy atom. The van der Waals surface area contributed by atoms with Crippen LogP contribution in [0, 0.1) is 0 Å². The molecule has 26 heavy (non-hydrogen) atoms. The van der Waals surface area contributed by atoms with E-state index in [0.29, 0.717) is 24.6 Å². The lowest BCUT2D eigenvalue weighted by atomic mass is 9.80.